The predicted molar refractivity (Wildman–Crippen MR) is 97.1 cm³/mol. The number of carbonyl (C=O) groups is 2. The lowest BCUT2D eigenvalue weighted by Gasteiger charge is -2.34. The summed E-state index contributed by atoms with van der Waals surface area (Å²) in [4.78, 5) is 38.9. The van der Waals surface area contributed by atoms with Crippen molar-refractivity contribution in [1.82, 2.24) is 15.1 Å². The molecule has 0 bridgehead atoms. The van der Waals surface area contributed by atoms with Crippen molar-refractivity contribution in [2.45, 2.75) is 32.2 Å². The van der Waals surface area contributed by atoms with Crippen LogP contribution in [0.2, 0.25) is 0 Å². The molecule has 2 N–H and O–H groups in total. The minimum absolute atomic E-state index is 0.00123. The van der Waals surface area contributed by atoms with E-state index in [0.29, 0.717) is 25.1 Å². The van der Waals surface area contributed by atoms with Gasteiger partial charge in [-0.2, -0.15) is 0 Å². The Labute approximate surface area is 157 Å². The number of nitro benzene ring substituents is 1. The molecule has 27 heavy (non-hydrogen) atoms. The Hall–Kier alpha value is -2.84. The van der Waals surface area contributed by atoms with Crippen LogP contribution in [0.3, 0.4) is 0 Å². The van der Waals surface area contributed by atoms with Crippen molar-refractivity contribution in [3.05, 3.63) is 33.9 Å². The van der Waals surface area contributed by atoms with Crippen LogP contribution in [0.4, 0.5) is 10.5 Å². The number of urea groups is 1. The van der Waals surface area contributed by atoms with Gasteiger partial charge in [0.25, 0.3) is 5.69 Å². The second-order valence-electron chi connectivity index (χ2n) is 7.05. The summed E-state index contributed by atoms with van der Waals surface area (Å²) in [5.74, 6) is -0.624. The topological polar surface area (TPSA) is 116 Å². The van der Waals surface area contributed by atoms with E-state index in [0.717, 1.165) is 32.4 Å². The molecule has 0 unspecified atom stereocenters. The summed E-state index contributed by atoms with van der Waals surface area (Å²) in [7, 11) is 0. The van der Waals surface area contributed by atoms with Crippen LogP contribution in [0.5, 0.6) is 5.75 Å². The number of phenolic OH excluding ortho intramolecular Hbond substituents is 1. The van der Waals surface area contributed by atoms with Crippen molar-refractivity contribution in [1.29, 1.82) is 0 Å². The van der Waals surface area contributed by atoms with Gasteiger partial charge in [0, 0.05) is 50.4 Å². The van der Waals surface area contributed by atoms with Crippen LogP contribution in [-0.4, -0.2) is 57.9 Å². The van der Waals surface area contributed by atoms with Gasteiger partial charge in [-0.25, -0.2) is 4.79 Å². The van der Waals surface area contributed by atoms with Gasteiger partial charge in [-0.1, -0.05) is 0 Å². The van der Waals surface area contributed by atoms with Crippen LogP contribution in [0.1, 0.15) is 31.2 Å². The minimum Gasteiger partial charge on any atom is -0.508 e. The molecule has 0 spiro atoms. The van der Waals surface area contributed by atoms with Gasteiger partial charge in [0.15, 0.2) is 0 Å². The molecule has 3 amide bonds. The van der Waals surface area contributed by atoms with Crippen LogP contribution in [0.15, 0.2) is 18.2 Å². The fourth-order valence-corrected chi connectivity index (χ4v) is 3.63. The number of likely N-dealkylation sites (tertiary alicyclic amines) is 2. The summed E-state index contributed by atoms with van der Waals surface area (Å²) < 4.78 is 0. The number of nitrogens with one attached hydrogen (secondary N) is 1. The van der Waals surface area contributed by atoms with Gasteiger partial charge in [0.2, 0.25) is 5.91 Å². The third-order valence-electron chi connectivity index (χ3n) is 5.17. The molecule has 2 fully saturated rings. The van der Waals surface area contributed by atoms with E-state index in [4.69, 9.17) is 0 Å². The first-order valence-corrected chi connectivity index (χ1v) is 9.23. The molecule has 1 atom stereocenters. The minimum atomic E-state index is -0.548. The lowest BCUT2D eigenvalue weighted by Crippen LogP contribution is -2.49. The van der Waals surface area contributed by atoms with E-state index in [1.807, 2.05) is 4.90 Å². The number of amides is 3. The Balaban J connectivity index is 1.57. The predicted octanol–water partition coefficient (Wildman–Crippen LogP) is 1.84. The molecule has 0 aliphatic carbocycles. The van der Waals surface area contributed by atoms with Crippen molar-refractivity contribution in [2.24, 2.45) is 5.92 Å². The third-order valence-corrected chi connectivity index (χ3v) is 5.17. The van der Waals surface area contributed by atoms with Gasteiger partial charge >= 0.3 is 6.03 Å². The molecule has 1 aromatic rings. The highest BCUT2D eigenvalue weighted by Crippen LogP contribution is 2.24. The van der Waals surface area contributed by atoms with Crippen molar-refractivity contribution in [3.8, 4) is 5.75 Å². The number of hydrogen-bond acceptors (Lipinski definition) is 5. The van der Waals surface area contributed by atoms with E-state index in [1.165, 1.54) is 18.2 Å². The van der Waals surface area contributed by atoms with E-state index >= 15 is 0 Å². The number of aromatic hydroxyl groups is 1. The Morgan fingerprint density at radius 2 is 1.89 bits per heavy atom. The van der Waals surface area contributed by atoms with Crippen LogP contribution >= 0.6 is 0 Å². The SMILES string of the molecule is O=C(NCc1cc([N+](=O)[O-])ccc1O)[C@H]1CCCN(C(=O)N2CCCC2)C1. The molecule has 3 rings (SSSR count). The first-order valence-electron chi connectivity index (χ1n) is 9.23. The van der Waals surface area contributed by atoms with Crippen LogP contribution in [-0.2, 0) is 11.3 Å². The largest absolute Gasteiger partial charge is 0.508 e. The summed E-state index contributed by atoms with van der Waals surface area (Å²) >= 11 is 0. The number of phenols is 1. The molecule has 2 aliphatic rings. The molecule has 2 saturated heterocycles. The first-order chi connectivity index (χ1) is 13.0. The zero-order chi connectivity index (χ0) is 19.4. The van der Waals surface area contributed by atoms with Crippen LogP contribution < -0.4 is 5.32 Å². The Morgan fingerprint density at radius 3 is 2.59 bits per heavy atom. The number of benzene rings is 1. The molecule has 0 saturated carbocycles. The van der Waals surface area contributed by atoms with E-state index in [2.05, 4.69) is 5.32 Å². The second-order valence-corrected chi connectivity index (χ2v) is 7.05. The lowest BCUT2D eigenvalue weighted by molar-refractivity contribution is -0.384. The van der Waals surface area contributed by atoms with Gasteiger partial charge in [0.05, 0.1) is 10.8 Å². The first kappa shape index (κ1) is 18.9. The number of piperidine rings is 1. The molecule has 1 aromatic carbocycles. The van der Waals surface area contributed by atoms with Crippen molar-refractivity contribution < 1.29 is 19.6 Å². The Bertz CT molecular complexity index is 732. The fraction of sp³-hybridized carbons (Fsp3) is 0.556. The maximum Gasteiger partial charge on any atom is 0.320 e. The summed E-state index contributed by atoms with van der Waals surface area (Å²) in [5, 5.41) is 23.4. The number of nitro groups is 1. The third kappa shape index (κ3) is 4.47. The van der Waals surface area contributed by atoms with Crippen molar-refractivity contribution in [3.63, 3.8) is 0 Å². The van der Waals surface area contributed by atoms with Crippen LogP contribution in [0.25, 0.3) is 0 Å². The molecule has 0 radical (unpaired) electrons. The average Bonchev–Trinajstić information content (AvgIpc) is 3.21. The number of carbonyl (C=O) groups excluding carboxylic acids is 2. The quantitative estimate of drug-likeness (QED) is 0.614. The number of hydrogen-bond donors (Lipinski definition) is 2. The van der Waals surface area contributed by atoms with Crippen molar-refractivity contribution >= 4 is 17.6 Å². The zero-order valence-electron chi connectivity index (χ0n) is 15.1. The van der Waals surface area contributed by atoms with Gasteiger partial charge in [-0.3, -0.25) is 14.9 Å². The van der Waals surface area contributed by atoms with Gasteiger partial charge in [-0.05, 0) is 31.7 Å². The molecule has 9 heteroatoms. The zero-order valence-corrected chi connectivity index (χ0v) is 15.1. The smallest absolute Gasteiger partial charge is 0.320 e. The Morgan fingerprint density at radius 1 is 1.19 bits per heavy atom. The van der Waals surface area contributed by atoms with Crippen LogP contribution in [0, 0.1) is 16.0 Å². The standard InChI is InChI=1S/C18H24N4O5/c23-16-6-5-15(22(26)27)10-14(16)11-19-17(24)13-4-3-9-21(12-13)18(25)20-7-1-2-8-20/h5-6,10,13,23H,1-4,7-9,11-12H2,(H,19,24)/t13-/m0/s1. The molecular weight excluding hydrogens is 352 g/mol. The van der Waals surface area contributed by atoms with Gasteiger partial charge in [-0.15, -0.1) is 0 Å². The molecular formula is C18H24N4O5. The molecule has 146 valence electrons. The summed E-state index contributed by atoms with van der Waals surface area (Å²) in [6.45, 7) is 2.59. The monoisotopic (exact) mass is 376 g/mol. The maximum atomic E-state index is 12.5. The average molecular weight is 376 g/mol. The van der Waals surface area contributed by atoms with E-state index in [1.54, 1.807) is 4.90 Å². The van der Waals surface area contributed by atoms with E-state index in [9.17, 15) is 24.8 Å². The number of rotatable bonds is 4. The Kier molecular flexibility index (Phi) is 5.78. The summed E-state index contributed by atoms with van der Waals surface area (Å²) in [5.41, 5.74) is 0.149. The summed E-state index contributed by atoms with van der Waals surface area (Å²) in [6.07, 6.45) is 3.50. The lowest BCUT2D eigenvalue weighted by atomic mass is 9.97. The maximum absolute atomic E-state index is 12.5. The highest BCUT2D eigenvalue weighted by Gasteiger charge is 2.31. The molecule has 0 aromatic heterocycles. The molecule has 2 heterocycles. The fourth-order valence-electron chi connectivity index (χ4n) is 3.63. The number of non-ortho nitro benzene ring substituents is 1. The van der Waals surface area contributed by atoms with E-state index < -0.39 is 4.92 Å². The highest BCUT2D eigenvalue weighted by molar-refractivity contribution is 5.81. The second kappa shape index (κ2) is 8.24. The highest BCUT2D eigenvalue weighted by atomic mass is 16.6. The summed E-state index contributed by atoms with van der Waals surface area (Å²) in [6, 6.07) is 3.71. The van der Waals surface area contributed by atoms with E-state index in [-0.39, 0.29) is 35.8 Å². The van der Waals surface area contributed by atoms with Crippen molar-refractivity contribution in [2.75, 3.05) is 26.2 Å². The molecule has 9 nitrogen and oxygen atoms in total. The number of nitrogens with zero attached hydrogens (tertiary/aromatic N) is 3. The van der Waals surface area contributed by atoms with Gasteiger partial charge < -0.3 is 20.2 Å². The van der Waals surface area contributed by atoms with Gasteiger partial charge in [0.1, 0.15) is 5.75 Å². The normalized spacial score (nSPS) is 19.8. The molecule has 2 aliphatic heterocycles.